The lowest BCUT2D eigenvalue weighted by atomic mass is 10.2. The third-order valence-electron chi connectivity index (χ3n) is 2.44. The summed E-state index contributed by atoms with van der Waals surface area (Å²) in [6.45, 7) is 4.00. The summed E-state index contributed by atoms with van der Waals surface area (Å²) in [7, 11) is 0. The van der Waals surface area contributed by atoms with Crippen LogP contribution < -0.4 is 5.32 Å². The maximum atomic E-state index is 13.3. The second-order valence-corrected chi connectivity index (χ2v) is 5.04. The number of carbonyl (C=O) groups is 1. The van der Waals surface area contributed by atoms with E-state index in [0.717, 1.165) is 6.42 Å². The Kier molecular flexibility index (Phi) is 6.05. The number of thioether (sulfide) groups is 1. The molecule has 0 aliphatic heterocycles. The van der Waals surface area contributed by atoms with Gasteiger partial charge in [-0.15, -0.1) is 11.8 Å². The van der Waals surface area contributed by atoms with E-state index in [-0.39, 0.29) is 17.8 Å². The van der Waals surface area contributed by atoms with Crippen LogP contribution in [0.1, 0.15) is 26.7 Å². The normalized spacial score (nSPS) is 12.2. The molecule has 2 nitrogen and oxygen atoms in total. The first-order chi connectivity index (χ1) is 8.13. The third kappa shape index (κ3) is 5.22. The van der Waals surface area contributed by atoms with Crippen molar-refractivity contribution < 1.29 is 9.18 Å². The second kappa shape index (κ2) is 7.33. The Hall–Kier alpha value is -1.03. The highest BCUT2D eigenvalue weighted by Gasteiger charge is 2.06. The van der Waals surface area contributed by atoms with Crippen molar-refractivity contribution in [2.75, 3.05) is 5.75 Å². The number of nitrogens with one attached hydrogen (secondary N) is 1. The molecular weight excluding hydrogens is 237 g/mol. The lowest BCUT2D eigenvalue weighted by Gasteiger charge is -2.10. The smallest absolute Gasteiger partial charge is 0.221 e. The number of hydrogen-bond acceptors (Lipinski definition) is 2. The third-order valence-corrected chi connectivity index (χ3v) is 3.49. The van der Waals surface area contributed by atoms with Gasteiger partial charge in [-0.3, -0.25) is 4.79 Å². The standard InChI is InChI=1S/C13H18FNOS/c1-3-10(2)15-13(16)8-9-17-12-7-5-4-6-11(12)14/h4-7,10H,3,8-9H2,1-2H3,(H,15,16). The molecule has 0 aliphatic carbocycles. The predicted molar refractivity (Wildman–Crippen MR) is 69.6 cm³/mol. The van der Waals surface area contributed by atoms with Gasteiger partial charge in [0.2, 0.25) is 5.91 Å². The van der Waals surface area contributed by atoms with Gasteiger partial charge in [-0.25, -0.2) is 4.39 Å². The molecule has 1 unspecified atom stereocenters. The number of carbonyl (C=O) groups excluding carboxylic acids is 1. The molecule has 17 heavy (non-hydrogen) atoms. The van der Waals surface area contributed by atoms with Crippen LogP contribution in [0.4, 0.5) is 4.39 Å². The number of rotatable bonds is 6. The molecule has 1 amide bonds. The minimum atomic E-state index is -0.222. The van der Waals surface area contributed by atoms with Crippen LogP contribution >= 0.6 is 11.8 Å². The second-order valence-electron chi connectivity index (χ2n) is 3.91. The van der Waals surface area contributed by atoms with Gasteiger partial charge in [0.1, 0.15) is 5.82 Å². The van der Waals surface area contributed by atoms with Gasteiger partial charge in [-0.2, -0.15) is 0 Å². The van der Waals surface area contributed by atoms with Gasteiger partial charge in [-0.05, 0) is 25.5 Å². The van der Waals surface area contributed by atoms with E-state index in [0.29, 0.717) is 17.1 Å². The van der Waals surface area contributed by atoms with Crippen LogP contribution in [0.15, 0.2) is 29.2 Å². The molecule has 94 valence electrons. The van der Waals surface area contributed by atoms with E-state index in [1.54, 1.807) is 18.2 Å². The minimum Gasteiger partial charge on any atom is -0.354 e. The van der Waals surface area contributed by atoms with E-state index in [1.807, 2.05) is 13.8 Å². The summed E-state index contributed by atoms with van der Waals surface area (Å²) in [6, 6.07) is 6.83. The molecule has 1 aromatic carbocycles. The fourth-order valence-corrected chi connectivity index (χ4v) is 2.15. The number of hydrogen-bond donors (Lipinski definition) is 1. The summed E-state index contributed by atoms with van der Waals surface area (Å²) in [6.07, 6.45) is 1.34. The van der Waals surface area contributed by atoms with Crippen molar-refractivity contribution in [1.82, 2.24) is 5.32 Å². The van der Waals surface area contributed by atoms with Crippen molar-refractivity contribution in [3.63, 3.8) is 0 Å². The van der Waals surface area contributed by atoms with E-state index < -0.39 is 0 Å². The average Bonchev–Trinajstić information content (AvgIpc) is 2.31. The zero-order chi connectivity index (χ0) is 12.7. The lowest BCUT2D eigenvalue weighted by Crippen LogP contribution is -2.32. The van der Waals surface area contributed by atoms with Crippen LogP contribution in [0.2, 0.25) is 0 Å². The number of halogens is 1. The largest absolute Gasteiger partial charge is 0.354 e. The van der Waals surface area contributed by atoms with Gasteiger partial charge in [0.25, 0.3) is 0 Å². The van der Waals surface area contributed by atoms with E-state index in [1.165, 1.54) is 17.8 Å². The molecule has 0 radical (unpaired) electrons. The van der Waals surface area contributed by atoms with E-state index in [9.17, 15) is 9.18 Å². The molecule has 0 saturated carbocycles. The first-order valence-electron chi connectivity index (χ1n) is 5.80. The summed E-state index contributed by atoms with van der Waals surface area (Å²) >= 11 is 1.37. The Balaban J connectivity index is 2.29. The Bertz CT molecular complexity index is 370. The Morgan fingerprint density at radius 2 is 2.18 bits per heavy atom. The maximum absolute atomic E-state index is 13.3. The molecule has 0 saturated heterocycles. The first-order valence-corrected chi connectivity index (χ1v) is 6.78. The number of benzene rings is 1. The summed E-state index contributed by atoms with van der Waals surface area (Å²) in [5, 5.41) is 2.88. The van der Waals surface area contributed by atoms with Crippen molar-refractivity contribution >= 4 is 17.7 Å². The van der Waals surface area contributed by atoms with E-state index >= 15 is 0 Å². The van der Waals surface area contributed by atoms with Crippen LogP contribution in [0, 0.1) is 5.82 Å². The van der Waals surface area contributed by atoms with Crippen molar-refractivity contribution in [3.8, 4) is 0 Å². The monoisotopic (exact) mass is 255 g/mol. The Morgan fingerprint density at radius 3 is 2.82 bits per heavy atom. The zero-order valence-corrected chi connectivity index (χ0v) is 11.0. The quantitative estimate of drug-likeness (QED) is 0.791. The molecule has 1 rings (SSSR count). The summed E-state index contributed by atoms with van der Waals surface area (Å²) in [5.74, 6) is 0.409. The summed E-state index contributed by atoms with van der Waals surface area (Å²) in [4.78, 5) is 12.1. The summed E-state index contributed by atoms with van der Waals surface area (Å²) < 4.78 is 13.3. The zero-order valence-electron chi connectivity index (χ0n) is 10.2. The minimum absolute atomic E-state index is 0.0307. The molecule has 1 N–H and O–H groups in total. The van der Waals surface area contributed by atoms with Gasteiger partial charge >= 0.3 is 0 Å². The molecule has 4 heteroatoms. The van der Waals surface area contributed by atoms with Gasteiger partial charge in [-0.1, -0.05) is 19.1 Å². The van der Waals surface area contributed by atoms with Crippen LogP contribution in [-0.4, -0.2) is 17.7 Å². The van der Waals surface area contributed by atoms with Gasteiger partial charge in [0.05, 0.1) is 0 Å². The van der Waals surface area contributed by atoms with Crippen molar-refractivity contribution in [2.24, 2.45) is 0 Å². The first kappa shape index (κ1) is 14.0. The predicted octanol–water partition coefficient (Wildman–Crippen LogP) is 3.22. The highest BCUT2D eigenvalue weighted by molar-refractivity contribution is 7.99. The molecular formula is C13H18FNOS. The van der Waals surface area contributed by atoms with Crippen LogP contribution in [0.3, 0.4) is 0 Å². The molecule has 0 aromatic heterocycles. The fourth-order valence-electron chi connectivity index (χ4n) is 1.26. The van der Waals surface area contributed by atoms with Crippen molar-refractivity contribution in [2.45, 2.75) is 37.6 Å². The van der Waals surface area contributed by atoms with Crippen LogP contribution in [0.5, 0.6) is 0 Å². The molecule has 0 aliphatic rings. The molecule has 0 spiro atoms. The van der Waals surface area contributed by atoms with Gasteiger partial charge in [0.15, 0.2) is 0 Å². The number of amides is 1. The summed E-state index contributed by atoms with van der Waals surface area (Å²) in [5.41, 5.74) is 0. The van der Waals surface area contributed by atoms with Crippen molar-refractivity contribution in [1.29, 1.82) is 0 Å². The molecule has 0 heterocycles. The molecule has 1 aromatic rings. The van der Waals surface area contributed by atoms with E-state index in [2.05, 4.69) is 5.32 Å². The maximum Gasteiger partial charge on any atom is 0.221 e. The molecule has 0 fully saturated rings. The SMILES string of the molecule is CCC(C)NC(=O)CCSc1ccccc1F. The van der Waals surface area contributed by atoms with Gasteiger partial charge < -0.3 is 5.32 Å². The average molecular weight is 255 g/mol. The fraction of sp³-hybridized carbons (Fsp3) is 0.462. The van der Waals surface area contributed by atoms with Gasteiger partial charge in [0, 0.05) is 23.1 Å². The highest BCUT2D eigenvalue weighted by atomic mass is 32.2. The Morgan fingerprint density at radius 1 is 1.47 bits per heavy atom. The molecule has 0 bridgehead atoms. The lowest BCUT2D eigenvalue weighted by molar-refractivity contribution is -0.121. The highest BCUT2D eigenvalue weighted by Crippen LogP contribution is 2.21. The topological polar surface area (TPSA) is 29.1 Å². The van der Waals surface area contributed by atoms with Crippen molar-refractivity contribution in [3.05, 3.63) is 30.1 Å². The Labute approximate surface area is 106 Å². The van der Waals surface area contributed by atoms with Crippen LogP contribution in [0.25, 0.3) is 0 Å². The van der Waals surface area contributed by atoms with E-state index in [4.69, 9.17) is 0 Å². The molecule has 1 atom stereocenters. The van der Waals surface area contributed by atoms with Crippen LogP contribution in [-0.2, 0) is 4.79 Å².